The number of rotatable bonds is 3. The third-order valence-corrected chi connectivity index (χ3v) is 3.45. The van der Waals surface area contributed by atoms with Crippen LogP contribution in [0.5, 0.6) is 0 Å². The van der Waals surface area contributed by atoms with Gasteiger partial charge in [-0.15, -0.1) is 0 Å². The molecule has 2 aromatic rings. The van der Waals surface area contributed by atoms with Crippen LogP contribution in [0, 0.1) is 0 Å². The van der Waals surface area contributed by atoms with E-state index in [1.165, 1.54) is 5.01 Å². The van der Waals surface area contributed by atoms with Crippen molar-refractivity contribution in [1.29, 1.82) is 0 Å². The topological polar surface area (TPSA) is 58.4 Å². The Balaban J connectivity index is 2.40. The maximum atomic E-state index is 12.6. The summed E-state index contributed by atoms with van der Waals surface area (Å²) < 4.78 is 0. The highest BCUT2D eigenvalue weighted by Crippen LogP contribution is 2.23. The number of nitrogens with one attached hydrogen (secondary N) is 1. The van der Waals surface area contributed by atoms with E-state index in [9.17, 15) is 4.79 Å². The first-order valence-electron chi connectivity index (χ1n) is 6.17. The monoisotopic (exact) mass is 319 g/mol. The molecule has 2 aromatic carbocycles. The molecule has 0 aromatic heterocycles. The molecular weight excluding hydrogens is 306 g/mol. The third kappa shape index (κ3) is 3.78. The number of carbonyl (C=O) groups is 1. The van der Waals surface area contributed by atoms with Gasteiger partial charge in [-0.2, -0.15) is 0 Å². The fraction of sp³-hybridized carbons (Fsp3) is 0.0667. The number of halogens is 1. The Hall–Kier alpha value is -1.95. The van der Waals surface area contributed by atoms with Gasteiger partial charge in [0, 0.05) is 23.2 Å². The summed E-state index contributed by atoms with van der Waals surface area (Å²) in [4.78, 5) is 12.6. The van der Waals surface area contributed by atoms with Crippen molar-refractivity contribution in [1.82, 2.24) is 5.01 Å². The first kappa shape index (κ1) is 15.4. The van der Waals surface area contributed by atoms with E-state index in [1.807, 2.05) is 18.2 Å². The lowest BCUT2D eigenvalue weighted by Gasteiger charge is -2.17. The van der Waals surface area contributed by atoms with Gasteiger partial charge in [0.1, 0.15) is 0 Å². The van der Waals surface area contributed by atoms with Crippen molar-refractivity contribution < 1.29 is 4.79 Å². The first-order valence-corrected chi connectivity index (χ1v) is 6.96. The van der Waals surface area contributed by atoms with Crippen LogP contribution in [0.1, 0.15) is 15.9 Å². The first-order chi connectivity index (χ1) is 9.99. The molecular formula is C15H14ClN3OS. The van der Waals surface area contributed by atoms with Crippen LogP contribution < -0.4 is 11.2 Å². The Morgan fingerprint density at radius 2 is 1.90 bits per heavy atom. The van der Waals surface area contributed by atoms with Crippen molar-refractivity contribution in [2.45, 2.75) is 0 Å². The second-order valence-electron chi connectivity index (χ2n) is 4.43. The van der Waals surface area contributed by atoms with E-state index in [2.05, 4.69) is 5.32 Å². The minimum atomic E-state index is -0.136. The molecule has 0 aliphatic rings. The van der Waals surface area contributed by atoms with Gasteiger partial charge in [-0.1, -0.05) is 41.9 Å². The number of benzene rings is 2. The molecule has 0 unspecified atom stereocenters. The highest BCUT2D eigenvalue weighted by Gasteiger charge is 2.15. The predicted molar refractivity (Wildman–Crippen MR) is 89.5 cm³/mol. The molecule has 0 aliphatic carbocycles. The Bertz CT molecular complexity index is 674. The van der Waals surface area contributed by atoms with Crippen LogP contribution in [-0.4, -0.2) is 23.0 Å². The van der Waals surface area contributed by atoms with Crippen LogP contribution in [-0.2, 0) is 0 Å². The SMILES string of the molecule is CN(N)C(=S)Nc1ccc(Cl)cc1C(=O)c1ccccc1. The van der Waals surface area contributed by atoms with Gasteiger partial charge in [0.05, 0.1) is 5.69 Å². The van der Waals surface area contributed by atoms with Gasteiger partial charge in [-0.05, 0) is 30.4 Å². The number of anilines is 1. The number of ketones is 1. The number of hydrogen-bond donors (Lipinski definition) is 2. The second kappa shape index (κ2) is 6.67. The molecule has 108 valence electrons. The predicted octanol–water partition coefficient (Wildman–Crippen LogP) is 3.07. The molecule has 0 aliphatic heterocycles. The van der Waals surface area contributed by atoms with E-state index in [-0.39, 0.29) is 5.78 Å². The molecule has 0 fully saturated rings. The van der Waals surface area contributed by atoms with Crippen molar-refractivity contribution >= 4 is 40.4 Å². The van der Waals surface area contributed by atoms with E-state index in [4.69, 9.17) is 29.7 Å². The summed E-state index contributed by atoms with van der Waals surface area (Å²) in [6.07, 6.45) is 0. The van der Waals surface area contributed by atoms with Gasteiger partial charge in [0.25, 0.3) is 0 Å². The van der Waals surface area contributed by atoms with Gasteiger partial charge in [0.15, 0.2) is 10.9 Å². The van der Waals surface area contributed by atoms with E-state index in [0.717, 1.165) is 0 Å². The summed E-state index contributed by atoms with van der Waals surface area (Å²) in [7, 11) is 1.62. The van der Waals surface area contributed by atoms with Crippen LogP contribution in [0.25, 0.3) is 0 Å². The number of carbonyl (C=O) groups excluding carboxylic acids is 1. The smallest absolute Gasteiger partial charge is 0.195 e. The zero-order chi connectivity index (χ0) is 15.4. The standard InChI is InChI=1S/C15H14ClN3OS/c1-19(17)15(21)18-13-8-7-11(16)9-12(13)14(20)10-5-3-2-4-6-10/h2-9H,17H2,1H3,(H,18,21). The summed E-state index contributed by atoms with van der Waals surface area (Å²) in [5.74, 6) is 5.43. The zero-order valence-corrected chi connectivity index (χ0v) is 12.9. The lowest BCUT2D eigenvalue weighted by Crippen LogP contribution is -2.36. The summed E-state index contributed by atoms with van der Waals surface area (Å²) >= 11 is 11.1. The molecule has 0 bridgehead atoms. The molecule has 3 N–H and O–H groups in total. The van der Waals surface area contributed by atoms with E-state index in [0.29, 0.717) is 26.9 Å². The highest BCUT2D eigenvalue weighted by molar-refractivity contribution is 7.80. The normalized spacial score (nSPS) is 10.0. The van der Waals surface area contributed by atoms with Gasteiger partial charge in [-0.25, -0.2) is 5.84 Å². The van der Waals surface area contributed by atoms with Crippen molar-refractivity contribution in [2.24, 2.45) is 5.84 Å². The lowest BCUT2D eigenvalue weighted by atomic mass is 10.0. The fourth-order valence-electron chi connectivity index (χ4n) is 1.76. The number of hydrazine groups is 1. The van der Waals surface area contributed by atoms with Crippen LogP contribution in [0.2, 0.25) is 5.02 Å². The highest BCUT2D eigenvalue weighted by atomic mass is 35.5. The van der Waals surface area contributed by atoms with E-state index >= 15 is 0 Å². The Morgan fingerprint density at radius 3 is 2.52 bits per heavy atom. The Kier molecular flexibility index (Phi) is 4.90. The third-order valence-electron chi connectivity index (χ3n) is 2.82. The molecule has 0 spiro atoms. The van der Waals surface area contributed by atoms with Crippen LogP contribution in [0.4, 0.5) is 5.69 Å². The summed E-state index contributed by atoms with van der Waals surface area (Å²) in [5, 5.41) is 4.99. The summed E-state index contributed by atoms with van der Waals surface area (Å²) in [6.45, 7) is 0. The minimum Gasteiger partial charge on any atom is -0.331 e. The number of hydrogen-bond acceptors (Lipinski definition) is 3. The van der Waals surface area contributed by atoms with E-state index in [1.54, 1.807) is 37.4 Å². The van der Waals surface area contributed by atoms with Crippen LogP contribution in [0.15, 0.2) is 48.5 Å². The van der Waals surface area contributed by atoms with Gasteiger partial charge >= 0.3 is 0 Å². The van der Waals surface area contributed by atoms with Gasteiger partial charge in [-0.3, -0.25) is 9.80 Å². The second-order valence-corrected chi connectivity index (χ2v) is 5.25. The molecule has 4 nitrogen and oxygen atoms in total. The molecule has 0 atom stereocenters. The average molecular weight is 320 g/mol. The number of nitrogens with zero attached hydrogens (tertiary/aromatic N) is 1. The Labute approximate surface area is 133 Å². The van der Waals surface area contributed by atoms with Crippen LogP contribution in [0.3, 0.4) is 0 Å². The lowest BCUT2D eigenvalue weighted by molar-refractivity contribution is 0.103. The minimum absolute atomic E-state index is 0.136. The average Bonchev–Trinajstić information content (AvgIpc) is 2.49. The molecule has 0 radical (unpaired) electrons. The fourth-order valence-corrected chi connectivity index (χ4v) is 2.04. The van der Waals surface area contributed by atoms with Crippen molar-refractivity contribution in [3.8, 4) is 0 Å². The molecule has 0 heterocycles. The van der Waals surface area contributed by atoms with Crippen molar-refractivity contribution in [3.63, 3.8) is 0 Å². The maximum Gasteiger partial charge on any atom is 0.195 e. The van der Waals surface area contributed by atoms with Crippen molar-refractivity contribution in [3.05, 3.63) is 64.7 Å². The largest absolute Gasteiger partial charge is 0.331 e. The molecule has 0 saturated heterocycles. The molecule has 0 amide bonds. The Morgan fingerprint density at radius 1 is 1.24 bits per heavy atom. The number of nitrogens with two attached hydrogens (primary N) is 1. The number of thiocarbonyl (C=S) groups is 1. The quantitative estimate of drug-likeness (QED) is 0.394. The molecule has 2 rings (SSSR count). The molecule has 21 heavy (non-hydrogen) atoms. The summed E-state index contributed by atoms with van der Waals surface area (Å²) in [6, 6.07) is 14.0. The zero-order valence-electron chi connectivity index (χ0n) is 11.3. The molecule has 0 saturated carbocycles. The van der Waals surface area contributed by atoms with E-state index < -0.39 is 0 Å². The maximum absolute atomic E-state index is 12.6. The molecule has 6 heteroatoms. The van der Waals surface area contributed by atoms with Crippen molar-refractivity contribution in [2.75, 3.05) is 12.4 Å². The summed E-state index contributed by atoms with van der Waals surface area (Å²) in [5.41, 5.74) is 1.59. The van der Waals surface area contributed by atoms with Gasteiger partial charge in [0.2, 0.25) is 0 Å². The van der Waals surface area contributed by atoms with Gasteiger partial charge < -0.3 is 5.32 Å². The van der Waals surface area contributed by atoms with Crippen LogP contribution >= 0.6 is 23.8 Å².